The molecule has 0 aromatic rings. The number of hydrogen-bond donors (Lipinski definition) is 2. The van der Waals surface area contributed by atoms with Gasteiger partial charge in [0, 0.05) is 18.5 Å². The molecule has 5 heteroatoms. The van der Waals surface area contributed by atoms with Crippen molar-refractivity contribution in [2.45, 2.75) is 64.5 Å². The van der Waals surface area contributed by atoms with Gasteiger partial charge in [0.15, 0.2) is 0 Å². The van der Waals surface area contributed by atoms with Crippen LogP contribution in [0.1, 0.15) is 52.4 Å². The van der Waals surface area contributed by atoms with Crippen molar-refractivity contribution in [3.63, 3.8) is 0 Å². The third-order valence-electron chi connectivity index (χ3n) is 3.75. The van der Waals surface area contributed by atoms with Crippen LogP contribution in [0.15, 0.2) is 0 Å². The molecule has 110 valence electrons. The number of unbranched alkanes of at least 4 members (excludes halogenated alkanes) is 2. The molecule has 0 aromatic heterocycles. The van der Waals surface area contributed by atoms with E-state index in [4.69, 9.17) is 5.11 Å². The van der Waals surface area contributed by atoms with Gasteiger partial charge < -0.3 is 10.4 Å². The summed E-state index contributed by atoms with van der Waals surface area (Å²) < 4.78 is 0. The Bertz CT molecular complexity index is 301. The maximum atomic E-state index is 11.6. The standard InChI is InChI=1S/C14H26N2O3/c1-3-5-6-7-13(17)15-11-8-12(9-11)16(4-2)10-14(18)19/h11-12H,3-10H2,1-2H3,(H,15,17)(H,18,19). The Hall–Kier alpha value is -1.10. The van der Waals surface area contributed by atoms with Crippen LogP contribution in [0.4, 0.5) is 0 Å². The fourth-order valence-corrected chi connectivity index (χ4v) is 2.51. The molecule has 0 radical (unpaired) electrons. The Labute approximate surface area is 115 Å². The number of carbonyl (C=O) groups excluding carboxylic acids is 1. The minimum Gasteiger partial charge on any atom is -0.480 e. The van der Waals surface area contributed by atoms with Crippen LogP contribution in [-0.2, 0) is 9.59 Å². The molecule has 19 heavy (non-hydrogen) atoms. The van der Waals surface area contributed by atoms with Crippen molar-refractivity contribution in [3.05, 3.63) is 0 Å². The smallest absolute Gasteiger partial charge is 0.317 e. The zero-order valence-electron chi connectivity index (χ0n) is 12.0. The van der Waals surface area contributed by atoms with Crippen LogP contribution in [-0.4, -0.2) is 47.1 Å². The molecule has 0 spiro atoms. The van der Waals surface area contributed by atoms with Crippen molar-refractivity contribution in [1.29, 1.82) is 0 Å². The van der Waals surface area contributed by atoms with Crippen LogP contribution < -0.4 is 5.32 Å². The predicted molar refractivity (Wildman–Crippen MR) is 74.0 cm³/mol. The van der Waals surface area contributed by atoms with Gasteiger partial charge in [-0.2, -0.15) is 0 Å². The van der Waals surface area contributed by atoms with Crippen LogP contribution in [0, 0.1) is 0 Å². The van der Waals surface area contributed by atoms with Gasteiger partial charge in [-0.15, -0.1) is 0 Å². The van der Waals surface area contributed by atoms with Gasteiger partial charge in [-0.25, -0.2) is 0 Å². The SMILES string of the molecule is CCCCCC(=O)NC1CC(N(CC)CC(=O)O)C1. The molecule has 5 nitrogen and oxygen atoms in total. The van der Waals surface area contributed by atoms with Crippen LogP contribution in [0.3, 0.4) is 0 Å². The first-order valence-electron chi connectivity index (χ1n) is 7.32. The van der Waals surface area contributed by atoms with E-state index in [1.54, 1.807) is 0 Å². The Balaban J connectivity index is 2.18. The summed E-state index contributed by atoms with van der Waals surface area (Å²) in [5.74, 6) is -0.646. The first kappa shape index (κ1) is 16.0. The summed E-state index contributed by atoms with van der Waals surface area (Å²) in [5.41, 5.74) is 0. The second kappa shape index (κ2) is 8.15. The molecule has 1 amide bonds. The van der Waals surface area contributed by atoms with Gasteiger partial charge >= 0.3 is 5.97 Å². The highest BCUT2D eigenvalue weighted by molar-refractivity contribution is 5.76. The lowest BCUT2D eigenvalue weighted by atomic mass is 9.85. The second-order valence-corrected chi connectivity index (χ2v) is 5.30. The number of rotatable bonds is 9. The van der Waals surface area contributed by atoms with E-state index < -0.39 is 5.97 Å². The number of likely N-dealkylation sites (N-methyl/N-ethyl adjacent to an activating group) is 1. The Morgan fingerprint density at radius 3 is 2.47 bits per heavy atom. The number of carboxylic acids is 1. The number of carbonyl (C=O) groups is 2. The fourth-order valence-electron chi connectivity index (χ4n) is 2.51. The average Bonchev–Trinajstić information content (AvgIpc) is 2.31. The number of carboxylic acid groups (broad SMARTS) is 1. The lowest BCUT2D eigenvalue weighted by molar-refractivity contribution is -0.139. The van der Waals surface area contributed by atoms with E-state index >= 15 is 0 Å². The van der Waals surface area contributed by atoms with Crippen LogP contribution in [0.5, 0.6) is 0 Å². The summed E-state index contributed by atoms with van der Waals surface area (Å²) >= 11 is 0. The highest BCUT2D eigenvalue weighted by atomic mass is 16.4. The van der Waals surface area contributed by atoms with Crippen molar-refractivity contribution in [2.24, 2.45) is 0 Å². The molecule has 0 saturated heterocycles. The van der Waals surface area contributed by atoms with Crippen molar-refractivity contribution in [1.82, 2.24) is 10.2 Å². The maximum absolute atomic E-state index is 11.6. The molecule has 1 aliphatic carbocycles. The fraction of sp³-hybridized carbons (Fsp3) is 0.857. The number of hydrogen-bond acceptors (Lipinski definition) is 3. The van der Waals surface area contributed by atoms with Gasteiger partial charge in [0.05, 0.1) is 6.54 Å². The van der Waals surface area contributed by atoms with E-state index in [0.29, 0.717) is 12.5 Å². The molecule has 1 aliphatic rings. The summed E-state index contributed by atoms with van der Waals surface area (Å²) in [6, 6.07) is 0.545. The normalized spacial score (nSPS) is 22.1. The minimum atomic E-state index is -0.783. The van der Waals surface area contributed by atoms with E-state index in [-0.39, 0.29) is 18.5 Å². The Morgan fingerprint density at radius 2 is 1.95 bits per heavy atom. The van der Waals surface area contributed by atoms with Gasteiger partial charge in [-0.3, -0.25) is 14.5 Å². The van der Waals surface area contributed by atoms with Gasteiger partial charge in [0.25, 0.3) is 0 Å². The third-order valence-corrected chi connectivity index (χ3v) is 3.75. The van der Waals surface area contributed by atoms with E-state index in [2.05, 4.69) is 12.2 Å². The van der Waals surface area contributed by atoms with Gasteiger partial charge in [-0.05, 0) is 25.8 Å². The summed E-state index contributed by atoms with van der Waals surface area (Å²) in [4.78, 5) is 24.3. The van der Waals surface area contributed by atoms with Gasteiger partial charge in [0.2, 0.25) is 5.91 Å². The Morgan fingerprint density at radius 1 is 1.26 bits per heavy atom. The number of aliphatic carboxylic acids is 1. The van der Waals surface area contributed by atoms with Crippen molar-refractivity contribution < 1.29 is 14.7 Å². The Kier molecular flexibility index (Phi) is 6.84. The zero-order chi connectivity index (χ0) is 14.3. The number of nitrogens with one attached hydrogen (secondary N) is 1. The molecule has 0 aromatic carbocycles. The monoisotopic (exact) mass is 270 g/mol. The predicted octanol–water partition coefficient (Wildman–Crippen LogP) is 1.62. The van der Waals surface area contributed by atoms with Gasteiger partial charge in [0.1, 0.15) is 0 Å². The molecule has 1 saturated carbocycles. The summed E-state index contributed by atoms with van der Waals surface area (Å²) in [6.07, 6.45) is 5.55. The van der Waals surface area contributed by atoms with Crippen molar-refractivity contribution in [2.75, 3.05) is 13.1 Å². The molecular formula is C14H26N2O3. The van der Waals surface area contributed by atoms with Crippen LogP contribution in [0.25, 0.3) is 0 Å². The largest absolute Gasteiger partial charge is 0.480 e. The second-order valence-electron chi connectivity index (χ2n) is 5.30. The topological polar surface area (TPSA) is 69.6 Å². The zero-order valence-corrected chi connectivity index (χ0v) is 12.0. The molecule has 0 aliphatic heterocycles. The lowest BCUT2D eigenvalue weighted by Crippen LogP contribution is -2.54. The van der Waals surface area contributed by atoms with Crippen molar-refractivity contribution >= 4 is 11.9 Å². The summed E-state index contributed by atoms with van der Waals surface area (Å²) in [5, 5.41) is 11.8. The minimum absolute atomic E-state index is 0.0956. The number of amides is 1. The van der Waals surface area contributed by atoms with Crippen LogP contribution in [0.2, 0.25) is 0 Å². The number of nitrogens with zero attached hydrogens (tertiary/aromatic N) is 1. The summed E-state index contributed by atoms with van der Waals surface area (Å²) in [7, 11) is 0. The molecule has 0 heterocycles. The average molecular weight is 270 g/mol. The molecule has 2 N–H and O–H groups in total. The van der Waals surface area contributed by atoms with Crippen molar-refractivity contribution in [3.8, 4) is 0 Å². The molecular weight excluding hydrogens is 244 g/mol. The highest BCUT2D eigenvalue weighted by Crippen LogP contribution is 2.25. The molecule has 1 fully saturated rings. The third kappa shape index (κ3) is 5.59. The molecule has 1 rings (SSSR count). The van der Waals surface area contributed by atoms with Gasteiger partial charge in [-0.1, -0.05) is 26.7 Å². The first-order valence-corrected chi connectivity index (χ1v) is 7.32. The van der Waals surface area contributed by atoms with Crippen LogP contribution >= 0.6 is 0 Å². The van der Waals surface area contributed by atoms with E-state index in [0.717, 1.165) is 38.6 Å². The maximum Gasteiger partial charge on any atom is 0.317 e. The van der Waals surface area contributed by atoms with E-state index in [9.17, 15) is 9.59 Å². The molecule has 0 atom stereocenters. The molecule has 0 unspecified atom stereocenters. The van der Waals surface area contributed by atoms with E-state index in [1.165, 1.54) is 0 Å². The quantitative estimate of drug-likeness (QED) is 0.625. The lowest BCUT2D eigenvalue weighted by Gasteiger charge is -2.42. The highest BCUT2D eigenvalue weighted by Gasteiger charge is 2.34. The first-order chi connectivity index (χ1) is 9.06. The summed E-state index contributed by atoms with van der Waals surface area (Å²) in [6.45, 7) is 4.93. The molecule has 0 bridgehead atoms. The van der Waals surface area contributed by atoms with E-state index in [1.807, 2.05) is 11.8 Å².